The molecule has 4 nitrogen and oxygen atoms in total. The summed E-state index contributed by atoms with van der Waals surface area (Å²) in [6, 6.07) is 17.5. The molecule has 0 saturated heterocycles. The fourth-order valence-electron chi connectivity index (χ4n) is 3.32. The highest BCUT2D eigenvalue weighted by atomic mass is 16.2. The van der Waals surface area contributed by atoms with Crippen molar-refractivity contribution in [2.45, 2.75) is 72.0 Å². The van der Waals surface area contributed by atoms with E-state index in [1.807, 2.05) is 82.3 Å². The van der Waals surface area contributed by atoms with E-state index in [1.165, 1.54) is 0 Å². The van der Waals surface area contributed by atoms with E-state index in [4.69, 9.17) is 0 Å². The molecule has 2 amide bonds. The number of aryl methyl sites for hydroxylation is 1. The Morgan fingerprint density at radius 3 is 2.28 bits per heavy atom. The Bertz CT molecular complexity index is 788. The van der Waals surface area contributed by atoms with Gasteiger partial charge in [0.25, 0.3) is 0 Å². The first kappa shape index (κ1) is 22.7. The fourth-order valence-corrected chi connectivity index (χ4v) is 3.32. The monoisotopic (exact) mass is 394 g/mol. The third-order valence-electron chi connectivity index (χ3n) is 5.34. The Labute approximate surface area is 175 Å². The van der Waals surface area contributed by atoms with E-state index in [9.17, 15) is 9.59 Å². The number of nitrogens with one attached hydrogen (secondary N) is 1. The lowest BCUT2D eigenvalue weighted by Crippen LogP contribution is -2.52. The third kappa shape index (κ3) is 6.74. The highest BCUT2D eigenvalue weighted by Gasteiger charge is 2.30. The molecule has 29 heavy (non-hydrogen) atoms. The van der Waals surface area contributed by atoms with Gasteiger partial charge >= 0.3 is 0 Å². The first-order valence-electron chi connectivity index (χ1n) is 10.6. The van der Waals surface area contributed by atoms with Gasteiger partial charge in [-0.25, -0.2) is 0 Å². The van der Waals surface area contributed by atoms with Crippen molar-refractivity contribution in [2.24, 2.45) is 0 Å². The van der Waals surface area contributed by atoms with Crippen molar-refractivity contribution in [3.8, 4) is 0 Å². The topological polar surface area (TPSA) is 49.4 Å². The van der Waals surface area contributed by atoms with Crippen molar-refractivity contribution >= 4 is 11.8 Å². The average Bonchev–Trinajstić information content (AvgIpc) is 2.72. The van der Waals surface area contributed by atoms with Gasteiger partial charge in [0, 0.05) is 25.4 Å². The van der Waals surface area contributed by atoms with Crippen LogP contribution in [0, 0.1) is 6.92 Å². The second-order valence-electron chi connectivity index (χ2n) is 7.72. The molecule has 0 radical (unpaired) electrons. The molecule has 2 unspecified atom stereocenters. The smallest absolute Gasteiger partial charge is 0.243 e. The zero-order valence-corrected chi connectivity index (χ0v) is 18.2. The van der Waals surface area contributed by atoms with Crippen LogP contribution in [0.1, 0.15) is 56.7 Å². The van der Waals surface area contributed by atoms with Crippen LogP contribution in [0.5, 0.6) is 0 Å². The van der Waals surface area contributed by atoms with Crippen LogP contribution >= 0.6 is 0 Å². The van der Waals surface area contributed by atoms with Crippen molar-refractivity contribution in [1.29, 1.82) is 0 Å². The van der Waals surface area contributed by atoms with E-state index in [0.717, 1.165) is 29.5 Å². The molecule has 2 aromatic rings. The molecule has 2 aromatic carbocycles. The Hall–Kier alpha value is -2.62. The number of amides is 2. The lowest BCUT2D eigenvalue weighted by molar-refractivity contribution is -0.141. The summed E-state index contributed by atoms with van der Waals surface area (Å²) in [6.45, 7) is 8.52. The summed E-state index contributed by atoms with van der Waals surface area (Å²) in [4.78, 5) is 28.1. The van der Waals surface area contributed by atoms with E-state index in [0.29, 0.717) is 19.4 Å². The van der Waals surface area contributed by atoms with Crippen molar-refractivity contribution in [2.75, 3.05) is 0 Å². The molecule has 0 aliphatic heterocycles. The van der Waals surface area contributed by atoms with Gasteiger partial charge in [-0.15, -0.1) is 0 Å². The predicted molar refractivity (Wildman–Crippen MR) is 118 cm³/mol. The zero-order chi connectivity index (χ0) is 21.2. The molecular weight excluding hydrogens is 360 g/mol. The van der Waals surface area contributed by atoms with Crippen LogP contribution in [0.3, 0.4) is 0 Å². The molecule has 156 valence electrons. The first-order valence-corrected chi connectivity index (χ1v) is 10.6. The van der Waals surface area contributed by atoms with E-state index < -0.39 is 6.04 Å². The maximum atomic E-state index is 13.2. The number of hydrogen-bond acceptors (Lipinski definition) is 2. The maximum absolute atomic E-state index is 13.2. The maximum Gasteiger partial charge on any atom is 0.243 e. The van der Waals surface area contributed by atoms with Crippen LogP contribution in [0.15, 0.2) is 54.6 Å². The molecule has 4 heteroatoms. The van der Waals surface area contributed by atoms with Gasteiger partial charge in [-0.3, -0.25) is 9.59 Å². The average molecular weight is 395 g/mol. The summed E-state index contributed by atoms with van der Waals surface area (Å²) >= 11 is 0. The highest BCUT2D eigenvalue weighted by molar-refractivity contribution is 5.88. The summed E-state index contributed by atoms with van der Waals surface area (Å²) in [5.41, 5.74) is 3.25. The number of nitrogens with zero attached hydrogens (tertiary/aromatic N) is 1. The van der Waals surface area contributed by atoms with E-state index >= 15 is 0 Å². The Kier molecular flexibility index (Phi) is 8.91. The summed E-state index contributed by atoms with van der Waals surface area (Å²) < 4.78 is 0. The van der Waals surface area contributed by atoms with Crippen LogP contribution in [0.25, 0.3) is 0 Å². The summed E-state index contributed by atoms with van der Waals surface area (Å²) in [7, 11) is 0. The van der Waals surface area contributed by atoms with Gasteiger partial charge in [0.15, 0.2) is 0 Å². The fraction of sp³-hybridized carbons (Fsp3) is 0.440. The van der Waals surface area contributed by atoms with E-state index in [1.54, 1.807) is 4.90 Å². The zero-order valence-electron chi connectivity index (χ0n) is 18.2. The van der Waals surface area contributed by atoms with Crippen molar-refractivity contribution in [3.05, 3.63) is 71.3 Å². The summed E-state index contributed by atoms with van der Waals surface area (Å²) in [6.07, 6.45) is 2.55. The summed E-state index contributed by atoms with van der Waals surface area (Å²) in [5.74, 6) is -0.0581. The molecule has 0 fully saturated rings. The van der Waals surface area contributed by atoms with Crippen LogP contribution < -0.4 is 5.32 Å². The largest absolute Gasteiger partial charge is 0.352 e. The minimum atomic E-state index is -0.537. The Morgan fingerprint density at radius 1 is 1.00 bits per heavy atom. The molecule has 0 spiro atoms. The Balaban J connectivity index is 2.39. The molecule has 0 heterocycles. The number of carbonyl (C=O) groups is 2. The molecule has 2 atom stereocenters. The lowest BCUT2D eigenvalue weighted by atomic mass is 10.0. The van der Waals surface area contributed by atoms with Gasteiger partial charge in [0.2, 0.25) is 11.8 Å². The SMILES string of the molecule is CCCC(=O)N(Cc1ccccc1C)C(Cc1ccccc1)C(=O)NC(C)CC. The minimum Gasteiger partial charge on any atom is -0.352 e. The number of benzene rings is 2. The van der Waals surface area contributed by atoms with Gasteiger partial charge in [-0.05, 0) is 43.4 Å². The first-order chi connectivity index (χ1) is 14.0. The Morgan fingerprint density at radius 2 is 1.66 bits per heavy atom. The van der Waals surface area contributed by atoms with Crippen molar-refractivity contribution < 1.29 is 9.59 Å². The van der Waals surface area contributed by atoms with Gasteiger partial charge in [0.05, 0.1) is 0 Å². The molecule has 0 bridgehead atoms. The summed E-state index contributed by atoms with van der Waals surface area (Å²) in [5, 5.41) is 3.09. The quantitative estimate of drug-likeness (QED) is 0.638. The lowest BCUT2D eigenvalue weighted by Gasteiger charge is -2.32. The van der Waals surface area contributed by atoms with Crippen LogP contribution in [-0.4, -0.2) is 28.8 Å². The molecule has 1 N–H and O–H groups in total. The molecule has 0 aliphatic carbocycles. The van der Waals surface area contributed by atoms with Crippen molar-refractivity contribution in [1.82, 2.24) is 10.2 Å². The minimum absolute atomic E-state index is 0.0241. The van der Waals surface area contributed by atoms with Gasteiger partial charge < -0.3 is 10.2 Å². The second kappa shape index (κ2) is 11.4. The molecule has 2 rings (SSSR count). The third-order valence-corrected chi connectivity index (χ3v) is 5.34. The highest BCUT2D eigenvalue weighted by Crippen LogP contribution is 2.18. The standard InChI is InChI=1S/C25H34N2O2/c1-5-12-24(28)27(18-22-16-11-10-13-19(22)3)23(25(29)26-20(4)6-2)17-21-14-8-7-9-15-21/h7-11,13-16,20,23H,5-6,12,17-18H2,1-4H3,(H,26,29). The van der Waals surface area contributed by atoms with E-state index in [2.05, 4.69) is 5.32 Å². The van der Waals surface area contributed by atoms with Crippen molar-refractivity contribution in [3.63, 3.8) is 0 Å². The molecule has 0 aromatic heterocycles. The second-order valence-corrected chi connectivity index (χ2v) is 7.72. The van der Waals surface area contributed by atoms with Gasteiger partial charge in [-0.2, -0.15) is 0 Å². The van der Waals surface area contributed by atoms with Crippen LogP contribution in [0.4, 0.5) is 0 Å². The number of carbonyl (C=O) groups excluding carboxylic acids is 2. The van der Waals surface area contributed by atoms with E-state index in [-0.39, 0.29) is 17.9 Å². The molecule has 0 aliphatic rings. The number of rotatable bonds is 10. The predicted octanol–water partition coefficient (Wildman–Crippen LogP) is 4.65. The molecule has 0 saturated carbocycles. The van der Waals surface area contributed by atoms with Crippen LogP contribution in [-0.2, 0) is 22.6 Å². The van der Waals surface area contributed by atoms with Gasteiger partial charge in [0.1, 0.15) is 6.04 Å². The number of hydrogen-bond donors (Lipinski definition) is 1. The molecular formula is C25H34N2O2. The normalized spacial score (nSPS) is 12.8. The van der Waals surface area contributed by atoms with Crippen LogP contribution in [0.2, 0.25) is 0 Å². The van der Waals surface area contributed by atoms with Gasteiger partial charge in [-0.1, -0.05) is 68.4 Å².